The molecule has 0 spiro atoms. The van der Waals surface area contributed by atoms with Gasteiger partial charge in [-0.15, -0.1) is 0 Å². The zero-order valence-electron chi connectivity index (χ0n) is 9.45. The predicted octanol–water partition coefficient (Wildman–Crippen LogP) is 2.65. The summed E-state index contributed by atoms with van der Waals surface area (Å²) >= 11 is 0. The van der Waals surface area contributed by atoms with E-state index in [9.17, 15) is 4.79 Å². The Bertz CT molecular complexity index is 192. The fraction of sp³-hybridized carbons (Fsp3) is 0.909. The maximum Gasteiger partial charge on any atom is 0.409 e. The number of amides is 1. The SMILES string of the molecule is COC(=O)N1CCCCC1CC(C)C. The van der Waals surface area contributed by atoms with Gasteiger partial charge in [-0.2, -0.15) is 0 Å². The van der Waals surface area contributed by atoms with Crippen LogP contribution in [0.2, 0.25) is 0 Å². The number of rotatable bonds is 2. The normalized spacial score (nSPS) is 22.6. The maximum absolute atomic E-state index is 11.5. The molecule has 0 saturated carbocycles. The molecule has 0 aliphatic carbocycles. The Labute approximate surface area is 86.4 Å². The van der Waals surface area contributed by atoms with Crippen LogP contribution < -0.4 is 0 Å². The van der Waals surface area contributed by atoms with Gasteiger partial charge in [0.05, 0.1) is 7.11 Å². The van der Waals surface area contributed by atoms with E-state index in [0.29, 0.717) is 12.0 Å². The number of nitrogens with zero attached hydrogens (tertiary/aromatic N) is 1. The number of carbonyl (C=O) groups excluding carboxylic acids is 1. The minimum absolute atomic E-state index is 0.157. The van der Waals surface area contributed by atoms with E-state index < -0.39 is 0 Å². The molecule has 1 heterocycles. The molecule has 1 fully saturated rings. The van der Waals surface area contributed by atoms with Gasteiger partial charge in [0.2, 0.25) is 0 Å². The second-order valence-electron chi connectivity index (χ2n) is 4.44. The summed E-state index contributed by atoms with van der Waals surface area (Å²) in [7, 11) is 1.46. The smallest absolute Gasteiger partial charge is 0.409 e. The highest BCUT2D eigenvalue weighted by molar-refractivity contribution is 5.67. The lowest BCUT2D eigenvalue weighted by Gasteiger charge is -2.35. The van der Waals surface area contributed by atoms with Gasteiger partial charge >= 0.3 is 6.09 Å². The van der Waals surface area contributed by atoms with Crippen LogP contribution in [0.4, 0.5) is 4.79 Å². The van der Waals surface area contributed by atoms with Gasteiger partial charge in [-0.05, 0) is 31.6 Å². The molecule has 1 aliphatic heterocycles. The van der Waals surface area contributed by atoms with Gasteiger partial charge < -0.3 is 9.64 Å². The van der Waals surface area contributed by atoms with Crippen molar-refractivity contribution in [2.45, 2.75) is 45.6 Å². The van der Waals surface area contributed by atoms with E-state index in [1.165, 1.54) is 13.5 Å². The highest BCUT2D eigenvalue weighted by atomic mass is 16.5. The van der Waals surface area contributed by atoms with E-state index in [4.69, 9.17) is 4.74 Å². The molecule has 1 amide bonds. The van der Waals surface area contributed by atoms with Crippen LogP contribution in [-0.2, 0) is 4.74 Å². The van der Waals surface area contributed by atoms with Gasteiger partial charge in [-0.1, -0.05) is 13.8 Å². The van der Waals surface area contributed by atoms with E-state index in [1.54, 1.807) is 0 Å². The summed E-state index contributed by atoms with van der Waals surface area (Å²) in [6.07, 6.45) is 4.42. The Morgan fingerprint density at radius 2 is 2.21 bits per heavy atom. The predicted molar refractivity (Wildman–Crippen MR) is 56.2 cm³/mol. The molecular weight excluding hydrogens is 178 g/mol. The van der Waals surface area contributed by atoms with E-state index in [1.807, 2.05) is 4.90 Å². The highest BCUT2D eigenvalue weighted by Crippen LogP contribution is 2.23. The molecular formula is C11H21NO2. The molecule has 3 heteroatoms. The van der Waals surface area contributed by atoms with Crippen LogP contribution in [-0.4, -0.2) is 30.7 Å². The number of hydrogen-bond acceptors (Lipinski definition) is 2. The van der Waals surface area contributed by atoms with Crippen molar-refractivity contribution in [2.75, 3.05) is 13.7 Å². The average Bonchev–Trinajstić information content (AvgIpc) is 2.16. The summed E-state index contributed by atoms with van der Waals surface area (Å²) in [6, 6.07) is 0.399. The molecule has 1 aliphatic rings. The van der Waals surface area contributed by atoms with Crippen molar-refractivity contribution in [1.29, 1.82) is 0 Å². The van der Waals surface area contributed by atoms with Crippen LogP contribution in [0.1, 0.15) is 39.5 Å². The Balaban J connectivity index is 2.54. The molecule has 1 unspecified atom stereocenters. The number of hydrogen-bond donors (Lipinski definition) is 0. The lowest BCUT2D eigenvalue weighted by atomic mass is 9.94. The Morgan fingerprint density at radius 1 is 1.50 bits per heavy atom. The minimum atomic E-state index is -0.157. The molecule has 0 bridgehead atoms. The van der Waals surface area contributed by atoms with Crippen LogP contribution in [0.25, 0.3) is 0 Å². The van der Waals surface area contributed by atoms with Crippen molar-refractivity contribution in [2.24, 2.45) is 5.92 Å². The van der Waals surface area contributed by atoms with Crippen LogP contribution in [0.5, 0.6) is 0 Å². The van der Waals surface area contributed by atoms with Crippen molar-refractivity contribution in [3.05, 3.63) is 0 Å². The highest BCUT2D eigenvalue weighted by Gasteiger charge is 2.27. The third-order valence-electron chi connectivity index (χ3n) is 2.78. The Kier molecular flexibility index (Phi) is 4.23. The molecule has 14 heavy (non-hydrogen) atoms. The molecule has 1 atom stereocenters. The molecule has 3 nitrogen and oxygen atoms in total. The number of ether oxygens (including phenoxy) is 1. The van der Waals surface area contributed by atoms with Crippen molar-refractivity contribution in [1.82, 2.24) is 4.90 Å². The Hall–Kier alpha value is -0.730. The first kappa shape index (κ1) is 11.3. The minimum Gasteiger partial charge on any atom is -0.453 e. The monoisotopic (exact) mass is 199 g/mol. The summed E-state index contributed by atoms with van der Waals surface area (Å²) in [5, 5.41) is 0. The number of methoxy groups -OCH3 is 1. The van der Waals surface area contributed by atoms with Gasteiger partial charge in [0.15, 0.2) is 0 Å². The van der Waals surface area contributed by atoms with Gasteiger partial charge in [0.25, 0.3) is 0 Å². The molecule has 0 aromatic heterocycles. The fourth-order valence-electron chi connectivity index (χ4n) is 2.15. The second-order valence-corrected chi connectivity index (χ2v) is 4.44. The number of piperidine rings is 1. The van der Waals surface area contributed by atoms with Crippen molar-refractivity contribution in [3.8, 4) is 0 Å². The lowest BCUT2D eigenvalue weighted by molar-refractivity contribution is 0.0830. The lowest BCUT2D eigenvalue weighted by Crippen LogP contribution is -2.44. The first-order chi connectivity index (χ1) is 6.65. The summed E-state index contributed by atoms with van der Waals surface area (Å²) in [6.45, 7) is 5.26. The molecule has 1 rings (SSSR count). The van der Waals surface area contributed by atoms with Gasteiger partial charge in [0, 0.05) is 12.6 Å². The van der Waals surface area contributed by atoms with Crippen LogP contribution in [0, 0.1) is 5.92 Å². The molecule has 82 valence electrons. The van der Waals surface area contributed by atoms with Gasteiger partial charge in [-0.3, -0.25) is 0 Å². The average molecular weight is 199 g/mol. The summed E-state index contributed by atoms with van der Waals surface area (Å²) < 4.78 is 4.79. The standard InChI is InChI=1S/C11H21NO2/c1-9(2)8-10-6-4-5-7-12(10)11(13)14-3/h9-10H,4-8H2,1-3H3. The topological polar surface area (TPSA) is 29.5 Å². The van der Waals surface area contributed by atoms with Gasteiger partial charge in [-0.25, -0.2) is 4.79 Å². The summed E-state index contributed by atoms with van der Waals surface area (Å²) in [5.41, 5.74) is 0. The molecule has 0 aromatic carbocycles. The second kappa shape index (κ2) is 5.23. The third kappa shape index (κ3) is 2.89. The van der Waals surface area contributed by atoms with Crippen LogP contribution in [0.15, 0.2) is 0 Å². The Morgan fingerprint density at radius 3 is 2.79 bits per heavy atom. The third-order valence-corrected chi connectivity index (χ3v) is 2.78. The zero-order chi connectivity index (χ0) is 10.6. The summed E-state index contributed by atoms with van der Waals surface area (Å²) in [5.74, 6) is 0.644. The first-order valence-corrected chi connectivity index (χ1v) is 5.49. The number of likely N-dealkylation sites (tertiary alicyclic amines) is 1. The maximum atomic E-state index is 11.5. The molecule has 0 aromatic rings. The number of carbonyl (C=O) groups is 1. The van der Waals surface area contributed by atoms with Crippen LogP contribution in [0.3, 0.4) is 0 Å². The van der Waals surface area contributed by atoms with E-state index in [2.05, 4.69) is 13.8 Å². The quantitative estimate of drug-likeness (QED) is 0.684. The van der Waals surface area contributed by atoms with Crippen molar-refractivity contribution < 1.29 is 9.53 Å². The molecule has 1 saturated heterocycles. The molecule has 0 radical (unpaired) electrons. The zero-order valence-corrected chi connectivity index (χ0v) is 9.45. The van der Waals surface area contributed by atoms with E-state index >= 15 is 0 Å². The van der Waals surface area contributed by atoms with Crippen molar-refractivity contribution in [3.63, 3.8) is 0 Å². The van der Waals surface area contributed by atoms with Gasteiger partial charge in [0.1, 0.15) is 0 Å². The van der Waals surface area contributed by atoms with Crippen molar-refractivity contribution >= 4 is 6.09 Å². The first-order valence-electron chi connectivity index (χ1n) is 5.49. The molecule has 0 N–H and O–H groups in total. The fourth-order valence-corrected chi connectivity index (χ4v) is 2.15. The summed E-state index contributed by atoms with van der Waals surface area (Å²) in [4.78, 5) is 13.4. The van der Waals surface area contributed by atoms with E-state index in [0.717, 1.165) is 25.8 Å². The largest absolute Gasteiger partial charge is 0.453 e. The van der Waals surface area contributed by atoms with Crippen LogP contribution >= 0.6 is 0 Å². The van der Waals surface area contributed by atoms with E-state index in [-0.39, 0.29) is 6.09 Å².